The Morgan fingerprint density at radius 2 is 1.62 bits per heavy atom. The number of amides is 6. The maximum atomic E-state index is 14.8. The Labute approximate surface area is 313 Å². The van der Waals surface area contributed by atoms with Gasteiger partial charge in [-0.15, -0.1) is 6.58 Å². The largest absolute Gasteiger partial charge is 0.447 e. The van der Waals surface area contributed by atoms with Crippen molar-refractivity contribution in [3.8, 4) is 0 Å². The van der Waals surface area contributed by atoms with E-state index in [1.165, 1.54) is 6.08 Å². The van der Waals surface area contributed by atoms with Gasteiger partial charge in [-0.3, -0.25) is 19.2 Å². The lowest BCUT2D eigenvalue weighted by molar-refractivity contribution is -0.144. The first-order valence-corrected chi connectivity index (χ1v) is 19.0. The molecule has 4 aliphatic rings. The van der Waals surface area contributed by atoms with Gasteiger partial charge in [0, 0.05) is 19.1 Å². The van der Waals surface area contributed by atoms with E-state index in [1.807, 2.05) is 58.9 Å². The first-order valence-electron chi connectivity index (χ1n) is 19.0. The number of alkyl carbamates (subject to hydrolysis) is 1. The molecule has 6 amide bonds. The molecular weight excluding hydrogens is 676 g/mol. The number of urea groups is 1. The van der Waals surface area contributed by atoms with Gasteiger partial charge >= 0.3 is 12.1 Å². The van der Waals surface area contributed by atoms with Crippen LogP contribution in [0.1, 0.15) is 78.9 Å². The number of ether oxygens (including phenoxy) is 1. The van der Waals surface area contributed by atoms with Gasteiger partial charge in [0.05, 0.1) is 12.1 Å². The van der Waals surface area contributed by atoms with Gasteiger partial charge in [-0.2, -0.15) is 0 Å². The Hall–Kier alpha value is -4.42. The molecule has 6 atom stereocenters. The third-order valence-electron chi connectivity index (χ3n) is 11.5. The van der Waals surface area contributed by atoms with E-state index in [4.69, 9.17) is 4.74 Å². The molecule has 0 spiro atoms. The summed E-state index contributed by atoms with van der Waals surface area (Å²) in [5, 5.41) is 14.0. The Morgan fingerprint density at radius 1 is 0.981 bits per heavy atom. The number of nitrogens with one attached hydrogen (secondary N) is 5. The number of likely N-dealkylation sites (tertiary alicyclic amines) is 1. The number of hydrogen-bond donors (Lipinski definition) is 5. The van der Waals surface area contributed by atoms with Gasteiger partial charge in [0.2, 0.25) is 17.6 Å². The highest BCUT2D eigenvalue weighted by atomic mass is 16.5. The molecule has 1 aromatic carbocycles. The van der Waals surface area contributed by atoms with Crippen molar-refractivity contribution in [2.24, 2.45) is 34.5 Å². The number of carbonyl (C=O) groups is 6. The highest BCUT2D eigenvalue weighted by Crippen LogP contribution is 2.65. The SMILES string of the molecule is C=CCNC(=O)C(=O)C(CC1CC1)NC(=O)[C@@H]1[C@@H]2[C@H](CN1C(=O)[C@@H](NC(=O)N[C@H](COC(=O)NC(C)C)C(C)(C)C)C1Cc3ccccc3C1)C2(C)C. The molecule has 1 aromatic rings. The van der Waals surface area contributed by atoms with Crippen LogP contribution >= 0.6 is 0 Å². The van der Waals surface area contributed by atoms with Crippen molar-refractivity contribution in [1.82, 2.24) is 31.5 Å². The molecule has 53 heavy (non-hydrogen) atoms. The molecule has 13 heteroatoms. The lowest BCUT2D eigenvalue weighted by Crippen LogP contribution is -2.61. The molecule has 1 unspecified atom stereocenters. The lowest BCUT2D eigenvalue weighted by Gasteiger charge is -2.36. The summed E-state index contributed by atoms with van der Waals surface area (Å²) in [5.41, 5.74) is 1.50. The molecule has 13 nitrogen and oxygen atoms in total. The number of nitrogens with zero attached hydrogens (tertiary/aromatic N) is 1. The van der Waals surface area contributed by atoms with Crippen LogP contribution in [0.5, 0.6) is 0 Å². The standard InChI is InChI=1S/C40H58N6O7/c1-9-16-41-35(49)33(47)28(17-23-14-15-23)43-34(48)32-30-27(40(30,7)8)20-46(32)36(50)31(26-18-24-12-10-11-13-25(24)19-26)45-37(51)44-29(39(4,5)6)21-53-38(52)42-22(2)3/h9-13,22-23,26-32H,1,14-21H2,2-8H3,(H,41,49)(H,42,52)(H,43,48)(H2,44,45,51)/t27-,28?,29+,30-,31-,32-/m0/s1. The van der Waals surface area contributed by atoms with Crippen LogP contribution in [0.25, 0.3) is 0 Å². The molecule has 5 rings (SSSR count). The van der Waals surface area contributed by atoms with Crippen LogP contribution in [0.15, 0.2) is 36.9 Å². The fraction of sp³-hybridized carbons (Fsp3) is 0.650. The van der Waals surface area contributed by atoms with Crippen molar-refractivity contribution in [3.05, 3.63) is 48.0 Å². The normalized spacial score (nSPS) is 23.1. The second-order valence-electron chi connectivity index (χ2n) is 17.3. The van der Waals surface area contributed by atoms with Crippen molar-refractivity contribution >= 4 is 35.6 Å². The molecule has 290 valence electrons. The van der Waals surface area contributed by atoms with Gasteiger partial charge in [0.1, 0.15) is 18.7 Å². The van der Waals surface area contributed by atoms with Gasteiger partial charge in [0.15, 0.2) is 0 Å². The van der Waals surface area contributed by atoms with Crippen molar-refractivity contribution in [2.45, 2.75) is 111 Å². The molecular formula is C40H58N6O7. The maximum absolute atomic E-state index is 14.8. The smallest absolute Gasteiger partial charge is 0.407 e. The van der Waals surface area contributed by atoms with E-state index in [0.29, 0.717) is 25.8 Å². The summed E-state index contributed by atoms with van der Waals surface area (Å²) >= 11 is 0. The van der Waals surface area contributed by atoms with E-state index < -0.39 is 59.3 Å². The predicted molar refractivity (Wildman–Crippen MR) is 199 cm³/mol. The number of fused-ring (bicyclic) bond motifs is 2. The zero-order valence-electron chi connectivity index (χ0n) is 32.3. The summed E-state index contributed by atoms with van der Waals surface area (Å²) in [6.07, 6.45) is 4.22. The van der Waals surface area contributed by atoms with E-state index in [9.17, 15) is 28.8 Å². The highest BCUT2D eigenvalue weighted by molar-refractivity contribution is 6.38. The van der Waals surface area contributed by atoms with Gasteiger partial charge in [0.25, 0.3) is 5.91 Å². The minimum Gasteiger partial charge on any atom is -0.447 e. The Bertz CT molecular complexity index is 1570. The number of rotatable bonds is 15. The summed E-state index contributed by atoms with van der Waals surface area (Å²) in [6.45, 7) is 17.5. The fourth-order valence-corrected chi connectivity index (χ4v) is 8.07. The molecule has 0 aromatic heterocycles. The van der Waals surface area contributed by atoms with Gasteiger partial charge in [-0.25, -0.2) is 9.59 Å². The number of hydrogen-bond acceptors (Lipinski definition) is 7. The average molecular weight is 735 g/mol. The second-order valence-corrected chi connectivity index (χ2v) is 17.3. The predicted octanol–water partition coefficient (Wildman–Crippen LogP) is 3.26. The van der Waals surface area contributed by atoms with Crippen LogP contribution in [0.4, 0.5) is 9.59 Å². The van der Waals surface area contributed by atoms with Crippen LogP contribution in [0.3, 0.4) is 0 Å². The van der Waals surface area contributed by atoms with E-state index in [0.717, 1.165) is 24.0 Å². The van der Waals surface area contributed by atoms with Crippen molar-refractivity contribution in [3.63, 3.8) is 0 Å². The first-order chi connectivity index (χ1) is 24.9. The molecule has 1 heterocycles. The van der Waals surface area contributed by atoms with Crippen LogP contribution in [-0.2, 0) is 36.8 Å². The quantitative estimate of drug-likeness (QED) is 0.136. The van der Waals surface area contributed by atoms with Crippen LogP contribution in [0.2, 0.25) is 0 Å². The summed E-state index contributed by atoms with van der Waals surface area (Å²) in [5.74, 6) is -2.45. The molecule has 3 fully saturated rings. The van der Waals surface area contributed by atoms with Crippen molar-refractivity contribution < 1.29 is 33.5 Å². The molecule has 1 aliphatic heterocycles. The topological polar surface area (TPSA) is 175 Å². The first kappa shape index (κ1) is 39.8. The van der Waals surface area contributed by atoms with Crippen LogP contribution < -0.4 is 26.6 Å². The summed E-state index contributed by atoms with van der Waals surface area (Å²) in [6, 6.07) is 3.81. The number of piperidine rings is 1. The Balaban J connectivity index is 1.37. The number of Topliss-reactive ketones (excluding diaryl/α,β-unsaturated/α-hetero) is 1. The van der Waals surface area contributed by atoms with Gasteiger partial charge < -0.3 is 36.2 Å². The zero-order valence-corrected chi connectivity index (χ0v) is 32.3. The number of carbonyl (C=O) groups excluding carboxylic acids is 6. The minimum absolute atomic E-state index is 0.0605. The fourth-order valence-electron chi connectivity index (χ4n) is 8.07. The van der Waals surface area contributed by atoms with Crippen molar-refractivity contribution in [2.75, 3.05) is 19.7 Å². The Kier molecular flexibility index (Phi) is 11.9. The minimum atomic E-state index is -1.01. The maximum Gasteiger partial charge on any atom is 0.407 e. The van der Waals surface area contributed by atoms with E-state index in [-0.39, 0.29) is 54.2 Å². The van der Waals surface area contributed by atoms with Gasteiger partial charge in [-0.05, 0) is 78.7 Å². The van der Waals surface area contributed by atoms with E-state index in [1.54, 1.807) is 4.90 Å². The average Bonchev–Trinajstić information content (AvgIpc) is 3.84. The van der Waals surface area contributed by atoms with Gasteiger partial charge in [-0.1, -0.05) is 77.8 Å². The van der Waals surface area contributed by atoms with Crippen LogP contribution in [0, 0.1) is 34.5 Å². The summed E-state index contributed by atoms with van der Waals surface area (Å²) in [4.78, 5) is 82.8. The van der Waals surface area contributed by atoms with Crippen LogP contribution in [-0.4, -0.2) is 90.4 Å². The Morgan fingerprint density at radius 3 is 2.19 bits per heavy atom. The number of ketones is 1. The molecule has 0 radical (unpaired) electrons. The van der Waals surface area contributed by atoms with E-state index >= 15 is 0 Å². The molecule has 1 saturated heterocycles. The molecule has 2 saturated carbocycles. The van der Waals surface area contributed by atoms with Crippen molar-refractivity contribution in [1.29, 1.82) is 0 Å². The molecule has 5 N–H and O–H groups in total. The summed E-state index contributed by atoms with van der Waals surface area (Å²) in [7, 11) is 0. The zero-order chi connectivity index (χ0) is 38.8. The third kappa shape index (κ3) is 9.39. The third-order valence-corrected chi connectivity index (χ3v) is 11.5. The lowest BCUT2D eigenvalue weighted by atomic mass is 9.87. The second kappa shape index (κ2) is 15.9. The summed E-state index contributed by atoms with van der Waals surface area (Å²) < 4.78 is 5.44. The number of benzene rings is 1. The van der Waals surface area contributed by atoms with E-state index in [2.05, 4.69) is 47.0 Å². The monoisotopic (exact) mass is 734 g/mol. The highest BCUT2D eigenvalue weighted by Gasteiger charge is 2.70. The molecule has 0 bridgehead atoms. The molecule has 3 aliphatic carbocycles.